The Balaban J connectivity index is 2.12. The van der Waals surface area contributed by atoms with Gasteiger partial charge in [0.25, 0.3) is 0 Å². The number of aliphatic carboxylic acids is 1. The minimum Gasteiger partial charge on any atom is -0.481 e. The fourth-order valence-electron chi connectivity index (χ4n) is 2.27. The number of rotatable bonds is 3. The quantitative estimate of drug-likeness (QED) is 0.872. The van der Waals surface area contributed by atoms with Crippen LogP contribution in [0.2, 0.25) is 0 Å². The summed E-state index contributed by atoms with van der Waals surface area (Å²) in [4.78, 5) is 23.0. The van der Waals surface area contributed by atoms with Crippen LogP contribution in [-0.4, -0.2) is 17.0 Å². The first-order chi connectivity index (χ1) is 8.39. The summed E-state index contributed by atoms with van der Waals surface area (Å²) in [6.45, 7) is 3.52. The number of amides is 1. The Hall–Kier alpha value is -1.87. The first kappa shape index (κ1) is 12.6. The molecule has 1 saturated carbocycles. The summed E-state index contributed by atoms with van der Waals surface area (Å²) in [6.07, 6.45) is 0. The van der Waals surface area contributed by atoms with Gasteiger partial charge in [-0.3, -0.25) is 9.59 Å². The molecule has 5 nitrogen and oxygen atoms in total. The second-order valence-corrected chi connectivity index (χ2v) is 5.80. The van der Waals surface area contributed by atoms with Gasteiger partial charge in [0.15, 0.2) is 0 Å². The second-order valence-electron chi connectivity index (χ2n) is 4.88. The van der Waals surface area contributed by atoms with Crippen LogP contribution in [-0.2, 0) is 9.59 Å². The van der Waals surface area contributed by atoms with Gasteiger partial charge in [-0.2, -0.15) is 5.26 Å². The second kappa shape index (κ2) is 4.10. The number of carboxylic acids is 1. The summed E-state index contributed by atoms with van der Waals surface area (Å²) in [7, 11) is 0. The van der Waals surface area contributed by atoms with Crippen LogP contribution in [0.4, 0.5) is 5.00 Å². The van der Waals surface area contributed by atoms with E-state index in [0.717, 1.165) is 0 Å². The van der Waals surface area contributed by atoms with Crippen LogP contribution in [0.3, 0.4) is 0 Å². The molecule has 0 aromatic carbocycles. The maximum Gasteiger partial charge on any atom is 0.307 e. The van der Waals surface area contributed by atoms with Crippen molar-refractivity contribution < 1.29 is 14.7 Å². The van der Waals surface area contributed by atoms with Crippen LogP contribution in [0.25, 0.3) is 0 Å². The van der Waals surface area contributed by atoms with Gasteiger partial charge in [0.2, 0.25) is 5.91 Å². The van der Waals surface area contributed by atoms with E-state index in [1.165, 1.54) is 11.3 Å². The molecule has 0 bridgehead atoms. The summed E-state index contributed by atoms with van der Waals surface area (Å²) in [5.41, 5.74) is -0.126. The molecular weight excluding hydrogens is 252 g/mol. The van der Waals surface area contributed by atoms with E-state index in [9.17, 15) is 9.59 Å². The minimum atomic E-state index is -0.952. The molecule has 18 heavy (non-hydrogen) atoms. The van der Waals surface area contributed by atoms with Crippen molar-refractivity contribution in [2.75, 3.05) is 5.32 Å². The molecule has 0 radical (unpaired) electrons. The van der Waals surface area contributed by atoms with Crippen LogP contribution in [0, 0.1) is 28.6 Å². The monoisotopic (exact) mass is 264 g/mol. The Morgan fingerprint density at radius 1 is 1.50 bits per heavy atom. The number of carbonyl (C=O) groups excluding carboxylic acids is 1. The Morgan fingerprint density at radius 2 is 2.17 bits per heavy atom. The van der Waals surface area contributed by atoms with Crippen molar-refractivity contribution in [3.8, 4) is 6.07 Å². The zero-order valence-electron chi connectivity index (χ0n) is 9.93. The van der Waals surface area contributed by atoms with E-state index in [2.05, 4.69) is 5.32 Å². The normalized spacial score (nSPS) is 24.1. The zero-order chi connectivity index (χ0) is 13.5. The zero-order valence-corrected chi connectivity index (χ0v) is 10.7. The molecule has 1 aromatic heterocycles. The van der Waals surface area contributed by atoms with Gasteiger partial charge in [-0.25, -0.2) is 0 Å². The van der Waals surface area contributed by atoms with Crippen LogP contribution in [0.15, 0.2) is 11.4 Å². The van der Waals surface area contributed by atoms with Gasteiger partial charge in [-0.05, 0) is 16.9 Å². The number of thiophene rings is 1. The predicted molar refractivity (Wildman–Crippen MR) is 66.1 cm³/mol. The first-order valence-electron chi connectivity index (χ1n) is 5.41. The lowest BCUT2D eigenvalue weighted by molar-refractivity contribution is -0.140. The van der Waals surface area contributed by atoms with Crippen LogP contribution in [0.1, 0.15) is 19.4 Å². The van der Waals surface area contributed by atoms with Gasteiger partial charge in [0.05, 0.1) is 17.4 Å². The molecular formula is C12H12N2O3S. The van der Waals surface area contributed by atoms with Gasteiger partial charge in [0, 0.05) is 0 Å². The number of carboxylic acid groups (broad SMARTS) is 1. The highest BCUT2D eigenvalue weighted by molar-refractivity contribution is 7.14. The van der Waals surface area contributed by atoms with Crippen molar-refractivity contribution >= 4 is 28.2 Å². The van der Waals surface area contributed by atoms with Gasteiger partial charge in [-0.15, -0.1) is 11.3 Å². The van der Waals surface area contributed by atoms with E-state index in [0.29, 0.717) is 10.6 Å². The molecule has 0 saturated heterocycles. The molecule has 1 aromatic rings. The Labute approximate surface area is 108 Å². The molecule has 1 heterocycles. The van der Waals surface area contributed by atoms with Crippen molar-refractivity contribution in [2.45, 2.75) is 13.8 Å². The smallest absolute Gasteiger partial charge is 0.307 e. The molecule has 2 rings (SSSR count). The minimum absolute atomic E-state index is 0.327. The number of carbonyl (C=O) groups is 2. The molecule has 1 aliphatic carbocycles. The Kier molecular flexibility index (Phi) is 2.87. The van der Waals surface area contributed by atoms with Gasteiger partial charge >= 0.3 is 5.97 Å². The van der Waals surface area contributed by atoms with E-state index < -0.39 is 23.2 Å². The molecule has 94 valence electrons. The van der Waals surface area contributed by atoms with Crippen LogP contribution in [0.5, 0.6) is 0 Å². The van der Waals surface area contributed by atoms with Crippen molar-refractivity contribution in [1.29, 1.82) is 5.26 Å². The summed E-state index contributed by atoms with van der Waals surface area (Å²) >= 11 is 1.26. The maximum atomic E-state index is 12.0. The molecule has 0 spiro atoms. The van der Waals surface area contributed by atoms with E-state index in [1.807, 2.05) is 6.07 Å². The third-order valence-corrected chi connectivity index (χ3v) is 4.23. The van der Waals surface area contributed by atoms with E-state index in [1.54, 1.807) is 25.3 Å². The number of nitrogens with one attached hydrogen (secondary N) is 1. The molecule has 2 N–H and O–H groups in total. The summed E-state index contributed by atoms with van der Waals surface area (Å²) < 4.78 is 0. The van der Waals surface area contributed by atoms with Crippen molar-refractivity contribution in [2.24, 2.45) is 17.3 Å². The molecule has 1 aliphatic rings. The molecule has 2 unspecified atom stereocenters. The number of hydrogen-bond acceptors (Lipinski definition) is 4. The fourth-order valence-corrected chi connectivity index (χ4v) is 3.01. The SMILES string of the molecule is CC1(C)C(C(=O)O)C1C(=O)Nc1sccc1C#N. The fraction of sp³-hybridized carbons (Fsp3) is 0.417. The highest BCUT2D eigenvalue weighted by atomic mass is 32.1. The molecule has 0 aliphatic heterocycles. The van der Waals surface area contributed by atoms with Gasteiger partial charge in [-0.1, -0.05) is 13.8 Å². The highest BCUT2D eigenvalue weighted by Gasteiger charge is 2.65. The third kappa shape index (κ3) is 1.87. The molecule has 2 atom stereocenters. The largest absolute Gasteiger partial charge is 0.481 e. The Morgan fingerprint density at radius 3 is 2.67 bits per heavy atom. The highest BCUT2D eigenvalue weighted by Crippen LogP contribution is 2.58. The lowest BCUT2D eigenvalue weighted by atomic mass is 10.1. The number of hydrogen-bond donors (Lipinski definition) is 2. The first-order valence-corrected chi connectivity index (χ1v) is 6.28. The van der Waals surface area contributed by atoms with Crippen LogP contribution >= 0.6 is 11.3 Å². The van der Waals surface area contributed by atoms with Crippen molar-refractivity contribution in [1.82, 2.24) is 0 Å². The molecule has 1 fully saturated rings. The summed E-state index contributed by atoms with van der Waals surface area (Å²) in [6, 6.07) is 3.59. The summed E-state index contributed by atoms with van der Waals surface area (Å²) in [5.74, 6) is -2.47. The summed E-state index contributed by atoms with van der Waals surface area (Å²) in [5, 5.41) is 22.7. The number of nitriles is 1. The van der Waals surface area contributed by atoms with E-state index in [-0.39, 0.29) is 5.91 Å². The van der Waals surface area contributed by atoms with E-state index in [4.69, 9.17) is 10.4 Å². The van der Waals surface area contributed by atoms with E-state index >= 15 is 0 Å². The Bertz CT molecular complexity index is 556. The van der Waals surface area contributed by atoms with Gasteiger partial charge < -0.3 is 10.4 Å². The lowest BCUT2D eigenvalue weighted by Gasteiger charge is -2.03. The standard InChI is InChI=1S/C12H12N2O3S/c1-12(2)7(8(12)11(16)17)9(15)14-10-6(5-13)3-4-18-10/h3-4,7-8H,1-2H3,(H,14,15)(H,16,17). The molecule has 6 heteroatoms. The predicted octanol–water partition coefficient (Wildman–Crippen LogP) is 1.92. The topological polar surface area (TPSA) is 90.2 Å². The third-order valence-electron chi connectivity index (χ3n) is 3.40. The number of anilines is 1. The maximum absolute atomic E-state index is 12.0. The average molecular weight is 264 g/mol. The van der Waals surface area contributed by atoms with Gasteiger partial charge in [0.1, 0.15) is 11.1 Å². The van der Waals surface area contributed by atoms with Crippen molar-refractivity contribution in [3.05, 3.63) is 17.0 Å². The lowest BCUT2D eigenvalue weighted by Crippen LogP contribution is -2.17. The number of nitrogens with zero attached hydrogens (tertiary/aromatic N) is 1. The average Bonchev–Trinajstić information content (AvgIpc) is 2.66. The van der Waals surface area contributed by atoms with Crippen molar-refractivity contribution in [3.63, 3.8) is 0 Å². The van der Waals surface area contributed by atoms with Crippen LogP contribution < -0.4 is 5.32 Å². The molecule has 1 amide bonds.